The number of carbonyl (C=O) groups is 1. The zero-order chi connectivity index (χ0) is 18.0. The van der Waals surface area contributed by atoms with Crippen LogP contribution in [0.25, 0.3) is 10.8 Å². The number of amides is 1. The summed E-state index contributed by atoms with van der Waals surface area (Å²) in [6.45, 7) is 0.676. The van der Waals surface area contributed by atoms with Gasteiger partial charge in [-0.2, -0.15) is 17.0 Å². The summed E-state index contributed by atoms with van der Waals surface area (Å²) < 4.78 is 27.2. The van der Waals surface area contributed by atoms with Gasteiger partial charge in [-0.1, -0.05) is 36.4 Å². The molecule has 0 aromatic heterocycles. The van der Waals surface area contributed by atoms with Crippen LogP contribution in [0.4, 0.5) is 5.69 Å². The van der Waals surface area contributed by atoms with Crippen molar-refractivity contribution in [1.82, 2.24) is 8.61 Å². The van der Waals surface area contributed by atoms with E-state index < -0.39 is 10.2 Å². The Kier molecular flexibility index (Phi) is 5.08. The third kappa shape index (κ3) is 3.68. The van der Waals surface area contributed by atoms with Crippen molar-refractivity contribution in [3.8, 4) is 0 Å². The van der Waals surface area contributed by atoms with Gasteiger partial charge < -0.3 is 5.32 Å². The van der Waals surface area contributed by atoms with Crippen LogP contribution in [-0.4, -0.2) is 50.1 Å². The van der Waals surface area contributed by atoms with Crippen molar-refractivity contribution in [2.45, 2.75) is 12.8 Å². The minimum atomic E-state index is -3.49. The van der Waals surface area contributed by atoms with E-state index in [1.807, 2.05) is 42.5 Å². The van der Waals surface area contributed by atoms with Gasteiger partial charge in [-0.05, 0) is 24.3 Å². The summed E-state index contributed by atoms with van der Waals surface area (Å²) >= 11 is 0. The van der Waals surface area contributed by atoms with Crippen LogP contribution in [0.2, 0.25) is 0 Å². The van der Waals surface area contributed by atoms with Crippen LogP contribution in [0.5, 0.6) is 0 Å². The van der Waals surface area contributed by atoms with E-state index in [9.17, 15) is 13.2 Å². The van der Waals surface area contributed by atoms with E-state index in [4.69, 9.17) is 0 Å². The van der Waals surface area contributed by atoms with Crippen molar-refractivity contribution < 1.29 is 13.2 Å². The van der Waals surface area contributed by atoms with Gasteiger partial charge in [0.2, 0.25) is 5.91 Å². The Balaban J connectivity index is 1.77. The normalized spacial score (nSPS) is 19.2. The summed E-state index contributed by atoms with van der Waals surface area (Å²) in [5.74, 6) is -0.475. The summed E-state index contributed by atoms with van der Waals surface area (Å²) in [6.07, 6.45) is 1.37. The quantitative estimate of drug-likeness (QED) is 0.908. The first kappa shape index (κ1) is 17.8. The number of hydrogen-bond acceptors (Lipinski definition) is 3. The van der Waals surface area contributed by atoms with Crippen LogP contribution < -0.4 is 5.32 Å². The molecule has 25 heavy (non-hydrogen) atoms. The molecule has 1 fully saturated rings. The fourth-order valence-electron chi connectivity index (χ4n) is 3.17. The van der Waals surface area contributed by atoms with Gasteiger partial charge in [0.25, 0.3) is 10.2 Å². The number of rotatable bonds is 4. The fraction of sp³-hybridized carbons (Fsp3) is 0.389. The van der Waals surface area contributed by atoms with Crippen molar-refractivity contribution in [1.29, 1.82) is 0 Å². The SMILES string of the molecule is CN(C)S(=O)(=O)N1CCC[C@H](C(=O)Nc2cccc3ccccc23)C1. The molecule has 0 spiro atoms. The van der Waals surface area contributed by atoms with E-state index in [0.29, 0.717) is 19.4 Å². The third-order valence-corrected chi connectivity index (χ3v) is 6.50. The topological polar surface area (TPSA) is 69.7 Å². The second kappa shape index (κ2) is 7.11. The second-order valence-corrected chi connectivity index (χ2v) is 8.65. The van der Waals surface area contributed by atoms with E-state index in [1.165, 1.54) is 22.7 Å². The molecule has 1 saturated heterocycles. The summed E-state index contributed by atoms with van der Waals surface area (Å²) in [4.78, 5) is 12.7. The molecule has 0 unspecified atom stereocenters. The largest absolute Gasteiger partial charge is 0.325 e. The molecule has 1 amide bonds. The van der Waals surface area contributed by atoms with Gasteiger partial charge in [0, 0.05) is 38.3 Å². The Hall–Kier alpha value is -1.96. The molecule has 1 aliphatic heterocycles. The van der Waals surface area contributed by atoms with Crippen LogP contribution in [-0.2, 0) is 15.0 Å². The molecule has 0 saturated carbocycles. The van der Waals surface area contributed by atoms with Gasteiger partial charge >= 0.3 is 0 Å². The van der Waals surface area contributed by atoms with Crippen molar-refractivity contribution in [2.24, 2.45) is 5.92 Å². The van der Waals surface area contributed by atoms with Crippen molar-refractivity contribution in [2.75, 3.05) is 32.5 Å². The maximum absolute atomic E-state index is 12.7. The smallest absolute Gasteiger partial charge is 0.281 e. The van der Waals surface area contributed by atoms with E-state index in [-0.39, 0.29) is 18.4 Å². The number of benzene rings is 2. The maximum Gasteiger partial charge on any atom is 0.281 e. The Morgan fingerprint density at radius 1 is 1.16 bits per heavy atom. The Bertz CT molecular complexity index is 875. The fourth-order valence-corrected chi connectivity index (χ4v) is 4.36. The highest BCUT2D eigenvalue weighted by molar-refractivity contribution is 7.86. The van der Waals surface area contributed by atoms with Crippen LogP contribution >= 0.6 is 0 Å². The summed E-state index contributed by atoms with van der Waals surface area (Å²) in [5.41, 5.74) is 0.760. The molecule has 1 atom stereocenters. The molecular formula is C18H23N3O3S. The van der Waals surface area contributed by atoms with E-state index in [0.717, 1.165) is 16.5 Å². The second-order valence-electron chi connectivity index (χ2n) is 6.50. The number of nitrogens with zero attached hydrogens (tertiary/aromatic N) is 2. The van der Waals surface area contributed by atoms with Gasteiger partial charge in [-0.15, -0.1) is 0 Å². The van der Waals surface area contributed by atoms with Crippen molar-refractivity contribution >= 4 is 32.6 Å². The van der Waals surface area contributed by atoms with E-state index in [1.54, 1.807) is 0 Å². The molecule has 1 heterocycles. The van der Waals surface area contributed by atoms with E-state index in [2.05, 4.69) is 5.32 Å². The van der Waals surface area contributed by atoms with Gasteiger partial charge in [0.15, 0.2) is 0 Å². The minimum Gasteiger partial charge on any atom is -0.325 e. The zero-order valence-electron chi connectivity index (χ0n) is 14.5. The van der Waals surface area contributed by atoms with Gasteiger partial charge in [-0.25, -0.2) is 0 Å². The molecule has 1 aliphatic rings. The van der Waals surface area contributed by atoms with Crippen molar-refractivity contribution in [3.63, 3.8) is 0 Å². The molecule has 0 aliphatic carbocycles. The molecule has 2 aromatic carbocycles. The van der Waals surface area contributed by atoms with Crippen LogP contribution in [0, 0.1) is 5.92 Å². The summed E-state index contributed by atoms with van der Waals surface area (Å²) in [5, 5.41) is 5.02. The number of nitrogens with one attached hydrogen (secondary N) is 1. The predicted octanol–water partition coefficient (Wildman–Crippen LogP) is 2.30. The first-order chi connectivity index (χ1) is 11.9. The number of hydrogen-bond donors (Lipinski definition) is 1. The molecule has 134 valence electrons. The molecular weight excluding hydrogens is 338 g/mol. The Morgan fingerprint density at radius 2 is 1.88 bits per heavy atom. The lowest BCUT2D eigenvalue weighted by atomic mass is 9.98. The number of fused-ring (bicyclic) bond motifs is 1. The zero-order valence-corrected chi connectivity index (χ0v) is 15.3. The lowest BCUT2D eigenvalue weighted by Gasteiger charge is -2.32. The number of carbonyl (C=O) groups excluding carboxylic acids is 1. The van der Waals surface area contributed by atoms with Crippen molar-refractivity contribution in [3.05, 3.63) is 42.5 Å². The molecule has 6 nitrogen and oxygen atoms in total. The monoisotopic (exact) mass is 361 g/mol. The molecule has 7 heteroatoms. The highest BCUT2D eigenvalue weighted by atomic mass is 32.2. The minimum absolute atomic E-state index is 0.130. The number of anilines is 1. The molecule has 3 rings (SSSR count). The highest BCUT2D eigenvalue weighted by Crippen LogP contribution is 2.26. The summed E-state index contributed by atoms with van der Waals surface area (Å²) in [6, 6.07) is 13.6. The standard InChI is InChI=1S/C18H23N3O3S/c1-20(2)25(23,24)21-12-6-9-15(13-21)18(22)19-17-11-5-8-14-7-3-4-10-16(14)17/h3-5,7-8,10-11,15H,6,9,12-13H2,1-2H3,(H,19,22)/t15-/m0/s1. The average Bonchev–Trinajstić information content (AvgIpc) is 2.62. The van der Waals surface area contributed by atoms with Crippen LogP contribution in [0.15, 0.2) is 42.5 Å². The molecule has 0 radical (unpaired) electrons. The highest BCUT2D eigenvalue weighted by Gasteiger charge is 2.33. The Labute approximate surface area is 148 Å². The first-order valence-corrected chi connectivity index (χ1v) is 9.75. The molecule has 1 N–H and O–H groups in total. The predicted molar refractivity (Wildman–Crippen MR) is 99.5 cm³/mol. The van der Waals surface area contributed by atoms with Gasteiger partial charge in [0.1, 0.15) is 0 Å². The molecule has 2 aromatic rings. The summed E-state index contributed by atoms with van der Waals surface area (Å²) in [7, 11) is -0.469. The van der Waals surface area contributed by atoms with E-state index >= 15 is 0 Å². The van der Waals surface area contributed by atoms with Gasteiger partial charge in [0.05, 0.1) is 5.92 Å². The average molecular weight is 361 g/mol. The molecule has 0 bridgehead atoms. The lowest BCUT2D eigenvalue weighted by Crippen LogP contribution is -2.47. The van der Waals surface area contributed by atoms with Gasteiger partial charge in [-0.3, -0.25) is 4.79 Å². The Morgan fingerprint density at radius 3 is 2.64 bits per heavy atom. The van der Waals surface area contributed by atoms with Crippen LogP contribution in [0.1, 0.15) is 12.8 Å². The first-order valence-electron chi connectivity index (χ1n) is 8.36. The van der Waals surface area contributed by atoms with Crippen LogP contribution in [0.3, 0.4) is 0 Å². The number of piperidine rings is 1. The lowest BCUT2D eigenvalue weighted by molar-refractivity contribution is -0.120. The third-order valence-electron chi connectivity index (χ3n) is 4.59. The maximum atomic E-state index is 12.7.